The fourth-order valence-corrected chi connectivity index (χ4v) is 3.58. The fourth-order valence-electron chi connectivity index (χ4n) is 3.58. The van der Waals surface area contributed by atoms with Crippen molar-refractivity contribution in [1.29, 1.82) is 0 Å². The molecular formula is C11H16O4. The topological polar surface area (TPSA) is 55.8 Å². The van der Waals surface area contributed by atoms with Crippen molar-refractivity contribution in [2.75, 3.05) is 13.2 Å². The van der Waals surface area contributed by atoms with E-state index in [1.54, 1.807) is 0 Å². The zero-order chi connectivity index (χ0) is 10.5. The average molecular weight is 212 g/mol. The minimum Gasteiger partial charge on any atom is -0.481 e. The second kappa shape index (κ2) is 3.19. The van der Waals surface area contributed by atoms with Crippen LogP contribution in [0, 0.1) is 17.8 Å². The summed E-state index contributed by atoms with van der Waals surface area (Å²) < 4.78 is 11.3. The molecule has 2 saturated carbocycles. The third kappa shape index (κ3) is 1.39. The minimum atomic E-state index is -0.677. The predicted octanol–water partition coefficient (Wildman–Crippen LogP) is 1.25. The van der Waals surface area contributed by atoms with Gasteiger partial charge in [-0.15, -0.1) is 0 Å². The Labute approximate surface area is 88.6 Å². The molecule has 1 heterocycles. The van der Waals surface area contributed by atoms with Crippen LogP contribution in [0.2, 0.25) is 0 Å². The Morgan fingerprint density at radius 3 is 2.73 bits per heavy atom. The van der Waals surface area contributed by atoms with Gasteiger partial charge in [-0.05, 0) is 24.7 Å². The molecule has 3 rings (SSSR count). The number of fused-ring (bicyclic) bond motifs is 2. The van der Waals surface area contributed by atoms with E-state index in [2.05, 4.69) is 0 Å². The summed E-state index contributed by atoms with van der Waals surface area (Å²) in [7, 11) is 0. The molecule has 0 aromatic heterocycles. The predicted molar refractivity (Wildman–Crippen MR) is 51.2 cm³/mol. The highest BCUT2D eigenvalue weighted by Crippen LogP contribution is 2.59. The number of carboxylic acids is 1. The fraction of sp³-hybridized carbons (Fsp3) is 0.909. The van der Waals surface area contributed by atoms with E-state index in [4.69, 9.17) is 14.6 Å². The highest BCUT2D eigenvalue weighted by Gasteiger charge is 2.61. The van der Waals surface area contributed by atoms with Gasteiger partial charge in [0.2, 0.25) is 0 Å². The Kier molecular flexibility index (Phi) is 2.04. The van der Waals surface area contributed by atoms with Crippen molar-refractivity contribution in [3.63, 3.8) is 0 Å². The standard InChI is InChI=1S/C11H16O4/c12-10(13)5-7-3-8-6-11(9(8)4-7)14-1-2-15-11/h7-9H,1-6H2,(H,12,13)/t7?,8?,9-/m1/s1. The maximum atomic E-state index is 10.6. The average Bonchev–Trinajstić information content (AvgIpc) is 2.71. The Balaban J connectivity index is 1.64. The van der Waals surface area contributed by atoms with Crippen LogP contribution in [0.5, 0.6) is 0 Å². The van der Waals surface area contributed by atoms with Crippen LogP contribution in [0.15, 0.2) is 0 Å². The largest absolute Gasteiger partial charge is 0.481 e. The number of hydrogen-bond acceptors (Lipinski definition) is 3. The van der Waals surface area contributed by atoms with Crippen LogP contribution in [0.3, 0.4) is 0 Å². The molecule has 4 nitrogen and oxygen atoms in total. The zero-order valence-corrected chi connectivity index (χ0v) is 8.65. The lowest BCUT2D eigenvalue weighted by atomic mass is 9.70. The van der Waals surface area contributed by atoms with Crippen LogP contribution < -0.4 is 0 Å². The lowest BCUT2D eigenvalue weighted by Gasteiger charge is -2.47. The van der Waals surface area contributed by atoms with E-state index in [9.17, 15) is 4.79 Å². The summed E-state index contributed by atoms with van der Waals surface area (Å²) in [6.07, 6.45) is 3.30. The van der Waals surface area contributed by atoms with E-state index in [1.165, 1.54) is 0 Å². The normalized spacial score (nSPS) is 41.5. The van der Waals surface area contributed by atoms with Gasteiger partial charge in [-0.3, -0.25) is 4.79 Å². The third-order valence-electron chi connectivity index (χ3n) is 4.14. The third-order valence-corrected chi connectivity index (χ3v) is 4.14. The molecule has 84 valence electrons. The summed E-state index contributed by atoms with van der Waals surface area (Å²) in [6.45, 7) is 1.40. The van der Waals surface area contributed by atoms with E-state index in [1.807, 2.05) is 0 Å². The van der Waals surface area contributed by atoms with Crippen LogP contribution in [-0.2, 0) is 14.3 Å². The van der Waals surface area contributed by atoms with Gasteiger partial charge in [0.1, 0.15) is 0 Å². The van der Waals surface area contributed by atoms with Gasteiger partial charge >= 0.3 is 5.97 Å². The molecule has 2 unspecified atom stereocenters. The molecule has 0 bridgehead atoms. The van der Waals surface area contributed by atoms with E-state index >= 15 is 0 Å². The Morgan fingerprint density at radius 1 is 1.33 bits per heavy atom. The van der Waals surface area contributed by atoms with Gasteiger partial charge in [0, 0.05) is 18.8 Å². The molecule has 0 aromatic carbocycles. The monoisotopic (exact) mass is 212 g/mol. The van der Waals surface area contributed by atoms with Gasteiger partial charge in [0.25, 0.3) is 0 Å². The lowest BCUT2D eigenvalue weighted by Crippen LogP contribution is -2.52. The highest BCUT2D eigenvalue weighted by atomic mass is 16.7. The van der Waals surface area contributed by atoms with Crippen molar-refractivity contribution in [1.82, 2.24) is 0 Å². The number of aliphatic carboxylic acids is 1. The Morgan fingerprint density at radius 2 is 2.07 bits per heavy atom. The molecule has 1 N–H and O–H groups in total. The van der Waals surface area contributed by atoms with Crippen molar-refractivity contribution >= 4 is 5.97 Å². The molecule has 1 spiro atoms. The summed E-state index contributed by atoms with van der Waals surface area (Å²) >= 11 is 0. The maximum absolute atomic E-state index is 10.6. The van der Waals surface area contributed by atoms with E-state index in [0.717, 1.165) is 19.3 Å². The molecule has 4 heteroatoms. The molecule has 3 atom stereocenters. The Hall–Kier alpha value is -0.610. The lowest BCUT2D eigenvalue weighted by molar-refractivity contribution is -0.267. The van der Waals surface area contributed by atoms with Crippen molar-refractivity contribution in [3.05, 3.63) is 0 Å². The van der Waals surface area contributed by atoms with Crippen LogP contribution in [0.25, 0.3) is 0 Å². The van der Waals surface area contributed by atoms with Crippen LogP contribution in [-0.4, -0.2) is 30.1 Å². The second-order valence-corrected chi connectivity index (χ2v) is 5.01. The van der Waals surface area contributed by atoms with Crippen molar-refractivity contribution < 1.29 is 19.4 Å². The summed E-state index contributed by atoms with van der Waals surface area (Å²) in [4.78, 5) is 10.6. The molecule has 3 aliphatic rings. The maximum Gasteiger partial charge on any atom is 0.303 e. The van der Waals surface area contributed by atoms with Gasteiger partial charge in [-0.2, -0.15) is 0 Å². The summed E-state index contributed by atoms with van der Waals surface area (Å²) in [5.41, 5.74) is 0. The number of ether oxygens (including phenoxy) is 2. The number of hydrogen-bond donors (Lipinski definition) is 1. The molecule has 0 aromatic rings. The second-order valence-electron chi connectivity index (χ2n) is 5.01. The molecular weight excluding hydrogens is 196 g/mol. The SMILES string of the molecule is O=C(O)CC1CC2CC3(OCCO3)[C@@H]2C1. The smallest absolute Gasteiger partial charge is 0.303 e. The molecule has 0 radical (unpaired) electrons. The number of rotatable bonds is 2. The van der Waals surface area contributed by atoms with Crippen LogP contribution >= 0.6 is 0 Å². The van der Waals surface area contributed by atoms with E-state index < -0.39 is 5.97 Å². The van der Waals surface area contributed by atoms with Crippen molar-refractivity contribution in [3.8, 4) is 0 Å². The van der Waals surface area contributed by atoms with Gasteiger partial charge in [-0.25, -0.2) is 0 Å². The summed E-state index contributed by atoms with van der Waals surface area (Å²) in [5, 5.41) is 8.76. The van der Waals surface area contributed by atoms with E-state index in [-0.39, 0.29) is 5.79 Å². The first-order valence-corrected chi connectivity index (χ1v) is 5.69. The molecule has 15 heavy (non-hydrogen) atoms. The van der Waals surface area contributed by atoms with Gasteiger partial charge in [0.15, 0.2) is 5.79 Å². The molecule has 2 aliphatic carbocycles. The first kappa shape index (κ1) is 9.60. The zero-order valence-electron chi connectivity index (χ0n) is 8.65. The van der Waals surface area contributed by atoms with Crippen LogP contribution in [0.4, 0.5) is 0 Å². The first-order chi connectivity index (χ1) is 7.20. The Bertz CT molecular complexity index is 282. The molecule has 0 amide bonds. The molecule has 1 saturated heterocycles. The van der Waals surface area contributed by atoms with Gasteiger partial charge < -0.3 is 14.6 Å². The van der Waals surface area contributed by atoms with Crippen LogP contribution in [0.1, 0.15) is 25.7 Å². The van der Waals surface area contributed by atoms with Crippen molar-refractivity contribution in [2.24, 2.45) is 17.8 Å². The quantitative estimate of drug-likeness (QED) is 0.748. The number of carboxylic acid groups (broad SMARTS) is 1. The highest BCUT2D eigenvalue weighted by molar-refractivity contribution is 5.67. The summed E-state index contributed by atoms with van der Waals surface area (Å²) in [6, 6.07) is 0. The minimum absolute atomic E-state index is 0.308. The van der Waals surface area contributed by atoms with Gasteiger partial charge in [-0.1, -0.05) is 0 Å². The summed E-state index contributed by atoms with van der Waals surface area (Å²) in [5.74, 6) is 0.461. The molecule has 1 aliphatic heterocycles. The van der Waals surface area contributed by atoms with Crippen molar-refractivity contribution in [2.45, 2.75) is 31.5 Å². The van der Waals surface area contributed by atoms with E-state index in [0.29, 0.717) is 37.4 Å². The molecule has 3 fully saturated rings. The number of carbonyl (C=O) groups is 1. The first-order valence-electron chi connectivity index (χ1n) is 5.69. The van der Waals surface area contributed by atoms with Gasteiger partial charge in [0.05, 0.1) is 13.2 Å².